The molecule has 124 valence electrons. The Labute approximate surface area is 133 Å². The maximum Gasteiger partial charge on any atom is 0.0198 e. The van der Waals surface area contributed by atoms with Crippen LogP contribution in [0.4, 0.5) is 0 Å². The van der Waals surface area contributed by atoms with Gasteiger partial charge < -0.3 is 10.2 Å². The van der Waals surface area contributed by atoms with Crippen LogP contribution in [-0.4, -0.2) is 37.1 Å². The van der Waals surface area contributed by atoms with E-state index in [9.17, 15) is 0 Å². The lowest BCUT2D eigenvalue weighted by atomic mass is 9.80. The molecule has 21 heavy (non-hydrogen) atoms. The average molecular weight is 295 g/mol. The number of likely N-dealkylation sites (N-methyl/N-ethyl adjacent to an activating group) is 1. The molecule has 2 unspecified atom stereocenters. The minimum absolute atomic E-state index is 0.468. The summed E-state index contributed by atoms with van der Waals surface area (Å²) in [5.74, 6) is 1.83. The van der Waals surface area contributed by atoms with E-state index in [4.69, 9.17) is 0 Å². The molecule has 2 fully saturated rings. The van der Waals surface area contributed by atoms with Crippen molar-refractivity contribution in [3.63, 3.8) is 0 Å². The van der Waals surface area contributed by atoms with E-state index in [1.165, 1.54) is 71.1 Å². The van der Waals surface area contributed by atoms with E-state index in [-0.39, 0.29) is 0 Å². The fourth-order valence-corrected chi connectivity index (χ4v) is 4.45. The third kappa shape index (κ3) is 6.28. The fraction of sp³-hybridized carbons (Fsp3) is 1.00. The van der Waals surface area contributed by atoms with Crippen LogP contribution in [0.25, 0.3) is 0 Å². The van der Waals surface area contributed by atoms with Gasteiger partial charge in [0.15, 0.2) is 0 Å². The molecule has 1 aliphatic heterocycles. The molecule has 2 nitrogen and oxygen atoms in total. The highest BCUT2D eigenvalue weighted by Gasteiger charge is 2.29. The minimum atomic E-state index is 0.468. The number of nitrogens with one attached hydrogen (secondary N) is 1. The van der Waals surface area contributed by atoms with Gasteiger partial charge in [0.1, 0.15) is 0 Å². The Bertz CT molecular complexity index is 288. The Hall–Kier alpha value is -0.0800. The maximum absolute atomic E-state index is 3.93. The van der Waals surface area contributed by atoms with Crippen molar-refractivity contribution in [2.45, 2.75) is 78.7 Å². The third-order valence-corrected chi connectivity index (χ3v) is 5.38. The van der Waals surface area contributed by atoms with E-state index < -0.39 is 0 Å². The fourth-order valence-electron chi connectivity index (χ4n) is 4.45. The van der Waals surface area contributed by atoms with Crippen LogP contribution >= 0.6 is 0 Å². The number of nitrogens with zero attached hydrogens (tertiary/aromatic N) is 1. The number of rotatable bonds is 5. The summed E-state index contributed by atoms with van der Waals surface area (Å²) in [6, 6.07) is 0.730. The van der Waals surface area contributed by atoms with Gasteiger partial charge >= 0.3 is 0 Å². The van der Waals surface area contributed by atoms with Crippen molar-refractivity contribution in [1.29, 1.82) is 0 Å². The van der Waals surface area contributed by atoms with Crippen LogP contribution in [0.15, 0.2) is 0 Å². The predicted octanol–water partition coefficient (Wildman–Crippen LogP) is 4.30. The van der Waals surface area contributed by atoms with Gasteiger partial charge in [-0.1, -0.05) is 47.0 Å². The molecule has 0 spiro atoms. The summed E-state index contributed by atoms with van der Waals surface area (Å²) in [5, 5.41) is 3.93. The molecule has 2 aliphatic rings. The Balaban J connectivity index is 1.80. The Kier molecular flexibility index (Phi) is 6.55. The molecule has 1 aliphatic carbocycles. The highest BCUT2D eigenvalue weighted by atomic mass is 15.2. The zero-order valence-corrected chi connectivity index (χ0v) is 15.0. The highest BCUT2D eigenvalue weighted by Crippen LogP contribution is 2.30. The predicted molar refractivity (Wildman–Crippen MR) is 92.7 cm³/mol. The van der Waals surface area contributed by atoms with Crippen LogP contribution in [0.5, 0.6) is 0 Å². The van der Waals surface area contributed by atoms with Crippen molar-refractivity contribution in [2.75, 3.05) is 26.2 Å². The number of hydrogen-bond acceptors (Lipinski definition) is 2. The lowest BCUT2D eigenvalue weighted by molar-refractivity contribution is 0.115. The van der Waals surface area contributed by atoms with E-state index in [1.54, 1.807) is 0 Å². The molecule has 0 bridgehead atoms. The molecule has 2 rings (SSSR count). The zero-order valence-electron chi connectivity index (χ0n) is 15.0. The number of piperidine rings is 1. The van der Waals surface area contributed by atoms with Crippen molar-refractivity contribution < 1.29 is 0 Å². The van der Waals surface area contributed by atoms with E-state index in [0.717, 1.165) is 17.9 Å². The van der Waals surface area contributed by atoms with Gasteiger partial charge in [-0.05, 0) is 56.0 Å². The van der Waals surface area contributed by atoms with Crippen molar-refractivity contribution in [3.8, 4) is 0 Å². The molecule has 1 saturated carbocycles. The number of hydrogen-bond donors (Lipinski definition) is 1. The molecular formula is C19H38N2. The lowest BCUT2D eigenvalue weighted by Gasteiger charge is -2.40. The molecule has 2 atom stereocenters. The summed E-state index contributed by atoms with van der Waals surface area (Å²) in [7, 11) is 0. The monoisotopic (exact) mass is 294 g/mol. The summed E-state index contributed by atoms with van der Waals surface area (Å²) in [6.45, 7) is 14.6. The van der Waals surface area contributed by atoms with Crippen LogP contribution in [0, 0.1) is 17.3 Å². The van der Waals surface area contributed by atoms with Gasteiger partial charge in [0, 0.05) is 19.1 Å². The molecule has 0 radical (unpaired) electrons. The van der Waals surface area contributed by atoms with Crippen LogP contribution in [-0.2, 0) is 0 Å². The SMILES string of the molecule is CCN1CC(CC(C)(C)C)CC(NCC2CCCCC2)C1. The summed E-state index contributed by atoms with van der Waals surface area (Å²) >= 11 is 0. The first-order chi connectivity index (χ1) is 9.96. The minimum Gasteiger partial charge on any atom is -0.312 e. The van der Waals surface area contributed by atoms with Crippen molar-refractivity contribution in [2.24, 2.45) is 17.3 Å². The molecule has 1 saturated heterocycles. The summed E-state index contributed by atoms with van der Waals surface area (Å²) in [5.41, 5.74) is 0.468. The third-order valence-electron chi connectivity index (χ3n) is 5.38. The van der Waals surface area contributed by atoms with Gasteiger partial charge in [-0.15, -0.1) is 0 Å². The standard InChI is InChI=1S/C19H38N2/c1-5-21-14-17(12-19(2,3)4)11-18(15-21)20-13-16-9-7-6-8-10-16/h16-18,20H,5-15H2,1-4H3. The zero-order chi connectivity index (χ0) is 15.3. The normalized spacial score (nSPS) is 29.7. The van der Waals surface area contributed by atoms with Crippen molar-refractivity contribution in [1.82, 2.24) is 10.2 Å². The van der Waals surface area contributed by atoms with Gasteiger partial charge in [-0.25, -0.2) is 0 Å². The highest BCUT2D eigenvalue weighted by molar-refractivity contribution is 4.86. The van der Waals surface area contributed by atoms with Crippen molar-refractivity contribution in [3.05, 3.63) is 0 Å². The van der Waals surface area contributed by atoms with Crippen LogP contribution in [0.1, 0.15) is 72.6 Å². The molecule has 1 N–H and O–H groups in total. The molecule has 0 aromatic rings. The molecule has 0 amide bonds. The van der Waals surface area contributed by atoms with E-state index in [1.807, 2.05) is 0 Å². The van der Waals surface area contributed by atoms with E-state index >= 15 is 0 Å². The largest absolute Gasteiger partial charge is 0.312 e. The van der Waals surface area contributed by atoms with Gasteiger partial charge in [-0.3, -0.25) is 0 Å². The van der Waals surface area contributed by atoms with E-state index in [2.05, 4.69) is 37.9 Å². The van der Waals surface area contributed by atoms with Gasteiger partial charge in [-0.2, -0.15) is 0 Å². The Morgan fingerprint density at radius 3 is 2.33 bits per heavy atom. The van der Waals surface area contributed by atoms with Crippen LogP contribution in [0.2, 0.25) is 0 Å². The van der Waals surface area contributed by atoms with Crippen molar-refractivity contribution >= 4 is 0 Å². The molecule has 0 aromatic heterocycles. The van der Waals surface area contributed by atoms with Crippen LogP contribution < -0.4 is 5.32 Å². The molecule has 2 heteroatoms. The van der Waals surface area contributed by atoms with E-state index in [0.29, 0.717) is 5.41 Å². The van der Waals surface area contributed by atoms with Gasteiger partial charge in [0.2, 0.25) is 0 Å². The van der Waals surface area contributed by atoms with Gasteiger partial charge in [0.05, 0.1) is 0 Å². The molecular weight excluding hydrogens is 256 g/mol. The Morgan fingerprint density at radius 1 is 1.00 bits per heavy atom. The number of likely N-dealkylation sites (tertiary alicyclic amines) is 1. The summed E-state index contributed by atoms with van der Waals surface area (Å²) < 4.78 is 0. The summed E-state index contributed by atoms with van der Waals surface area (Å²) in [6.07, 6.45) is 10.1. The summed E-state index contributed by atoms with van der Waals surface area (Å²) in [4.78, 5) is 2.67. The quantitative estimate of drug-likeness (QED) is 0.813. The first-order valence-electron chi connectivity index (χ1n) is 9.42. The molecule has 0 aromatic carbocycles. The Morgan fingerprint density at radius 2 is 1.71 bits per heavy atom. The van der Waals surface area contributed by atoms with Gasteiger partial charge in [0.25, 0.3) is 0 Å². The average Bonchev–Trinajstić information content (AvgIpc) is 2.44. The van der Waals surface area contributed by atoms with Crippen LogP contribution in [0.3, 0.4) is 0 Å². The second-order valence-electron chi connectivity index (χ2n) is 8.83. The first kappa shape index (κ1) is 17.3. The maximum atomic E-state index is 3.93. The first-order valence-corrected chi connectivity index (χ1v) is 9.42. The topological polar surface area (TPSA) is 15.3 Å². The second kappa shape index (κ2) is 7.97. The second-order valence-corrected chi connectivity index (χ2v) is 8.83. The molecule has 1 heterocycles. The smallest absolute Gasteiger partial charge is 0.0198 e. The lowest BCUT2D eigenvalue weighted by Crippen LogP contribution is -2.50.